The van der Waals surface area contributed by atoms with E-state index in [4.69, 9.17) is 9.47 Å². The van der Waals surface area contributed by atoms with Crippen LogP contribution in [0, 0.1) is 0 Å². The number of piperazine rings is 1. The van der Waals surface area contributed by atoms with Crippen LogP contribution in [0.2, 0.25) is 0 Å². The van der Waals surface area contributed by atoms with Gasteiger partial charge in [-0.15, -0.1) is 0 Å². The molecule has 1 saturated heterocycles. The molecule has 0 atom stereocenters. The third kappa shape index (κ3) is 6.63. The fourth-order valence-electron chi connectivity index (χ4n) is 4.11. The van der Waals surface area contributed by atoms with Crippen LogP contribution in [-0.2, 0) is 9.53 Å². The molecule has 1 aliphatic rings. The largest absolute Gasteiger partial charge is 0.495 e. The average Bonchev–Trinajstić information content (AvgIpc) is 2.86. The predicted molar refractivity (Wildman–Crippen MR) is 136 cm³/mol. The number of hydrogen-bond donors (Lipinski definition) is 2. The van der Waals surface area contributed by atoms with E-state index in [0.29, 0.717) is 30.8 Å². The number of nitrogens with one attached hydrogen (secondary N) is 2. The van der Waals surface area contributed by atoms with Crippen molar-refractivity contribution in [3.8, 4) is 5.75 Å². The monoisotopic (exact) mass is 468 g/mol. The summed E-state index contributed by atoms with van der Waals surface area (Å²) < 4.78 is 10.6. The summed E-state index contributed by atoms with van der Waals surface area (Å²) in [6.45, 7) is 6.24. The molecule has 2 aromatic carbocycles. The molecular formula is C26H36N4O4. The highest BCUT2D eigenvalue weighted by molar-refractivity contribution is 6.02. The van der Waals surface area contributed by atoms with Crippen LogP contribution < -0.4 is 25.2 Å². The first-order chi connectivity index (χ1) is 16.6. The second-order valence-electron chi connectivity index (χ2n) is 8.28. The van der Waals surface area contributed by atoms with Gasteiger partial charge in [-0.2, -0.15) is 0 Å². The first-order valence-corrected chi connectivity index (χ1v) is 11.9. The zero-order valence-electron chi connectivity index (χ0n) is 20.4. The number of para-hydroxylation sites is 2. The molecule has 2 aromatic rings. The molecule has 1 aliphatic heterocycles. The van der Waals surface area contributed by atoms with E-state index in [-0.39, 0.29) is 11.8 Å². The average molecular weight is 469 g/mol. The molecule has 34 heavy (non-hydrogen) atoms. The van der Waals surface area contributed by atoms with E-state index in [1.54, 1.807) is 20.3 Å². The number of rotatable bonds is 11. The number of hydrogen-bond acceptors (Lipinski definition) is 6. The van der Waals surface area contributed by atoms with Crippen LogP contribution in [0.4, 0.5) is 17.1 Å². The summed E-state index contributed by atoms with van der Waals surface area (Å²) in [5.41, 5.74) is 3.15. The number of methoxy groups -OCH3 is 2. The quantitative estimate of drug-likeness (QED) is 0.491. The molecule has 184 valence electrons. The van der Waals surface area contributed by atoms with E-state index in [0.717, 1.165) is 56.1 Å². The Balaban J connectivity index is 1.76. The number of anilines is 3. The molecule has 0 aromatic heterocycles. The van der Waals surface area contributed by atoms with Crippen LogP contribution >= 0.6 is 0 Å². The Bertz CT molecular complexity index is 958. The predicted octanol–water partition coefficient (Wildman–Crippen LogP) is 3.53. The van der Waals surface area contributed by atoms with Crippen LogP contribution in [0.5, 0.6) is 5.75 Å². The van der Waals surface area contributed by atoms with Gasteiger partial charge in [0, 0.05) is 64.2 Å². The van der Waals surface area contributed by atoms with Crippen LogP contribution in [0.15, 0.2) is 42.5 Å². The Kier molecular flexibility index (Phi) is 9.58. The molecule has 1 fully saturated rings. The van der Waals surface area contributed by atoms with Crippen molar-refractivity contribution in [2.75, 3.05) is 68.7 Å². The normalized spacial score (nSPS) is 13.5. The van der Waals surface area contributed by atoms with Crippen molar-refractivity contribution in [1.29, 1.82) is 0 Å². The van der Waals surface area contributed by atoms with Gasteiger partial charge in [0.05, 0.1) is 18.4 Å². The topological polar surface area (TPSA) is 83.1 Å². The minimum atomic E-state index is -0.148. The van der Waals surface area contributed by atoms with Crippen molar-refractivity contribution in [2.45, 2.75) is 26.2 Å². The molecular weight excluding hydrogens is 432 g/mol. The first kappa shape index (κ1) is 25.4. The third-order valence-corrected chi connectivity index (χ3v) is 5.86. The smallest absolute Gasteiger partial charge is 0.253 e. The maximum atomic E-state index is 13.1. The van der Waals surface area contributed by atoms with Gasteiger partial charge in [-0.1, -0.05) is 19.1 Å². The highest BCUT2D eigenvalue weighted by Gasteiger charge is 2.23. The van der Waals surface area contributed by atoms with Gasteiger partial charge < -0.3 is 29.9 Å². The summed E-state index contributed by atoms with van der Waals surface area (Å²) in [4.78, 5) is 29.7. The number of ether oxygens (including phenoxy) is 2. The summed E-state index contributed by atoms with van der Waals surface area (Å²) in [7, 11) is 3.33. The second-order valence-corrected chi connectivity index (χ2v) is 8.28. The van der Waals surface area contributed by atoms with Crippen LogP contribution in [-0.4, -0.2) is 65.4 Å². The SMILES string of the molecule is CCCC(=O)Nc1ccc(N2CCN(c3ccccc3OC)CC2)c(C(=O)NCCCOC)c1. The number of carbonyl (C=O) groups excluding carboxylic acids is 2. The Morgan fingerprint density at radius 3 is 2.35 bits per heavy atom. The van der Waals surface area contributed by atoms with E-state index >= 15 is 0 Å². The van der Waals surface area contributed by atoms with E-state index in [1.807, 2.05) is 37.3 Å². The number of carbonyl (C=O) groups is 2. The van der Waals surface area contributed by atoms with Crippen LogP contribution in [0.25, 0.3) is 0 Å². The molecule has 8 nitrogen and oxygen atoms in total. The Labute approximate surface area is 202 Å². The maximum Gasteiger partial charge on any atom is 0.253 e. The lowest BCUT2D eigenvalue weighted by Crippen LogP contribution is -2.47. The van der Waals surface area contributed by atoms with Crippen LogP contribution in [0.3, 0.4) is 0 Å². The Hall–Kier alpha value is -3.26. The van der Waals surface area contributed by atoms with Gasteiger partial charge in [0.2, 0.25) is 5.91 Å². The van der Waals surface area contributed by atoms with Gasteiger partial charge in [0.1, 0.15) is 5.75 Å². The fourth-order valence-corrected chi connectivity index (χ4v) is 4.11. The Morgan fingerprint density at radius 2 is 1.68 bits per heavy atom. The Morgan fingerprint density at radius 1 is 0.971 bits per heavy atom. The fraction of sp³-hybridized carbons (Fsp3) is 0.462. The lowest BCUT2D eigenvalue weighted by molar-refractivity contribution is -0.116. The molecule has 1 heterocycles. The zero-order valence-corrected chi connectivity index (χ0v) is 20.4. The third-order valence-electron chi connectivity index (χ3n) is 5.86. The van der Waals surface area contributed by atoms with Crippen molar-refractivity contribution in [3.05, 3.63) is 48.0 Å². The van der Waals surface area contributed by atoms with Gasteiger partial charge in [-0.25, -0.2) is 0 Å². The molecule has 0 radical (unpaired) electrons. The standard InChI is InChI=1S/C26H36N4O4/c1-4-8-25(31)28-20-11-12-22(21(19-20)26(32)27-13-7-18-33-2)29-14-16-30(17-15-29)23-9-5-6-10-24(23)34-3/h5-6,9-12,19H,4,7-8,13-18H2,1-3H3,(H,27,32)(H,28,31). The molecule has 0 unspecified atom stereocenters. The minimum Gasteiger partial charge on any atom is -0.495 e. The van der Waals surface area contributed by atoms with Crippen LogP contribution in [0.1, 0.15) is 36.5 Å². The van der Waals surface area contributed by atoms with Crippen molar-refractivity contribution < 1.29 is 19.1 Å². The summed E-state index contributed by atoms with van der Waals surface area (Å²) in [6, 6.07) is 13.6. The summed E-state index contributed by atoms with van der Waals surface area (Å²) >= 11 is 0. The van der Waals surface area contributed by atoms with Gasteiger partial charge in [0.25, 0.3) is 5.91 Å². The lowest BCUT2D eigenvalue weighted by Gasteiger charge is -2.38. The van der Waals surface area contributed by atoms with E-state index in [2.05, 4.69) is 26.5 Å². The van der Waals surface area contributed by atoms with Gasteiger partial charge in [0.15, 0.2) is 0 Å². The van der Waals surface area contributed by atoms with Crippen molar-refractivity contribution in [2.24, 2.45) is 0 Å². The highest BCUT2D eigenvalue weighted by Crippen LogP contribution is 2.31. The van der Waals surface area contributed by atoms with Crippen molar-refractivity contribution in [3.63, 3.8) is 0 Å². The number of nitrogens with zero attached hydrogens (tertiary/aromatic N) is 2. The summed E-state index contributed by atoms with van der Waals surface area (Å²) in [5, 5.41) is 5.89. The molecule has 2 amide bonds. The second kappa shape index (κ2) is 12.8. The molecule has 0 saturated carbocycles. The van der Waals surface area contributed by atoms with Crippen molar-refractivity contribution >= 4 is 28.9 Å². The van der Waals surface area contributed by atoms with Crippen molar-refractivity contribution in [1.82, 2.24) is 5.32 Å². The summed E-state index contributed by atoms with van der Waals surface area (Å²) in [5.74, 6) is 0.663. The molecule has 0 aliphatic carbocycles. The maximum absolute atomic E-state index is 13.1. The summed E-state index contributed by atoms with van der Waals surface area (Å²) in [6.07, 6.45) is 1.96. The number of amides is 2. The van der Waals surface area contributed by atoms with E-state index in [9.17, 15) is 9.59 Å². The lowest BCUT2D eigenvalue weighted by atomic mass is 10.1. The molecule has 0 bridgehead atoms. The molecule has 3 rings (SSSR count). The van der Waals surface area contributed by atoms with E-state index in [1.165, 1.54) is 0 Å². The van der Waals surface area contributed by atoms with Gasteiger partial charge in [-0.05, 0) is 43.2 Å². The van der Waals surface area contributed by atoms with Gasteiger partial charge in [-0.3, -0.25) is 9.59 Å². The minimum absolute atomic E-state index is 0.0490. The number of benzene rings is 2. The molecule has 8 heteroatoms. The zero-order chi connectivity index (χ0) is 24.3. The highest BCUT2D eigenvalue weighted by atomic mass is 16.5. The molecule has 0 spiro atoms. The van der Waals surface area contributed by atoms with E-state index < -0.39 is 0 Å². The molecule has 2 N–H and O–H groups in total. The van der Waals surface area contributed by atoms with Gasteiger partial charge >= 0.3 is 0 Å². The first-order valence-electron chi connectivity index (χ1n) is 11.9.